The number of carbonyl (C=O) groups is 1. The Hall–Kier alpha value is -0.690. The van der Waals surface area contributed by atoms with Crippen LogP contribution in [-0.2, 0) is 16.0 Å². The van der Waals surface area contributed by atoms with Crippen LogP contribution in [0.2, 0.25) is 0 Å². The molecule has 0 unspecified atom stereocenters. The molecule has 1 aromatic carbocycles. The third-order valence-corrected chi connectivity index (χ3v) is 4.13. The summed E-state index contributed by atoms with van der Waals surface area (Å²) in [6, 6.07) is 2.88. The Balaban J connectivity index is 2.98. The minimum absolute atomic E-state index is 0.000454. The van der Waals surface area contributed by atoms with Gasteiger partial charge in [-0.15, -0.1) is 0 Å². The first-order chi connectivity index (χ1) is 7.95. The van der Waals surface area contributed by atoms with Crippen molar-refractivity contribution < 1.29 is 23.0 Å². The zero-order chi connectivity index (χ0) is 13.0. The second-order valence-corrected chi connectivity index (χ2v) is 4.57. The molecule has 1 rings (SSSR count). The molecule has 94 valence electrons. The van der Waals surface area contributed by atoms with Crippen LogP contribution in [0.4, 0.5) is 8.78 Å². The molecule has 0 N–H and O–H groups in total. The Kier molecular flexibility index (Phi) is 5.32. The van der Waals surface area contributed by atoms with Crippen molar-refractivity contribution in [3.8, 4) is 5.75 Å². The van der Waals surface area contributed by atoms with E-state index in [4.69, 9.17) is 0 Å². The van der Waals surface area contributed by atoms with Gasteiger partial charge >= 0.3 is 12.6 Å². The molecule has 0 aliphatic rings. The maximum atomic E-state index is 12.1. The van der Waals surface area contributed by atoms with Crippen molar-refractivity contribution >= 4 is 37.8 Å². The molecule has 17 heavy (non-hydrogen) atoms. The first kappa shape index (κ1) is 14.4. The van der Waals surface area contributed by atoms with Crippen LogP contribution in [0.5, 0.6) is 5.75 Å². The summed E-state index contributed by atoms with van der Waals surface area (Å²) in [6.07, 6.45) is 0.0463. The Labute approximate surface area is 113 Å². The van der Waals surface area contributed by atoms with Gasteiger partial charge in [-0.3, -0.25) is 4.79 Å². The minimum atomic E-state index is -2.90. The van der Waals surface area contributed by atoms with Crippen molar-refractivity contribution in [1.29, 1.82) is 0 Å². The molecule has 0 heterocycles. The SMILES string of the molecule is COC(=O)Cc1ccc(OC(F)F)c(Br)c1Br. The molecule has 0 saturated carbocycles. The highest BCUT2D eigenvalue weighted by Gasteiger charge is 2.15. The lowest BCUT2D eigenvalue weighted by Crippen LogP contribution is -2.07. The molecular weight excluding hydrogens is 366 g/mol. The van der Waals surface area contributed by atoms with Crippen molar-refractivity contribution in [3.05, 3.63) is 26.6 Å². The normalized spacial score (nSPS) is 10.5. The maximum absolute atomic E-state index is 12.1. The molecule has 0 spiro atoms. The molecule has 0 aliphatic heterocycles. The number of benzene rings is 1. The van der Waals surface area contributed by atoms with Crippen LogP contribution >= 0.6 is 31.9 Å². The quantitative estimate of drug-likeness (QED) is 0.757. The highest BCUT2D eigenvalue weighted by molar-refractivity contribution is 9.13. The van der Waals surface area contributed by atoms with E-state index in [1.807, 2.05) is 0 Å². The second-order valence-electron chi connectivity index (χ2n) is 2.98. The van der Waals surface area contributed by atoms with Gasteiger partial charge in [-0.05, 0) is 43.5 Å². The van der Waals surface area contributed by atoms with Crippen molar-refractivity contribution in [3.63, 3.8) is 0 Å². The Bertz CT molecular complexity index is 424. The molecule has 0 atom stereocenters. The summed E-state index contributed by atoms with van der Waals surface area (Å²) >= 11 is 6.31. The number of halogens is 4. The van der Waals surface area contributed by atoms with Crippen LogP contribution in [0, 0.1) is 0 Å². The number of esters is 1. The van der Waals surface area contributed by atoms with Gasteiger partial charge in [-0.2, -0.15) is 8.78 Å². The third kappa shape index (κ3) is 3.92. The topological polar surface area (TPSA) is 35.5 Å². The van der Waals surface area contributed by atoms with E-state index in [9.17, 15) is 13.6 Å². The summed E-state index contributed by atoms with van der Waals surface area (Å²) in [5, 5.41) is 0. The lowest BCUT2D eigenvalue weighted by Gasteiger charge is -2.11. The van der Waals surface area contributed by atoms with Gasteiger partial charge in [-0.1, -0.05) is 6.07 Å². The molecule has 0 aromatic heterocycles. The lowest BCUT2D eigenvalue weighted by atomic mass is 10.1. The van der Waals surface area contributed by atoms with Gasteiger partial charge in [0.05, 0.1) is 18.0 Å². The van der Waals surface area contributed by atoms with Crippen molar-refractivity contribution in [2.24, 2.45) is 0 Å². The van der Waals surface area contributed by atoms with E-state index in [1.54, 1.807) is 0 Å². The van der Waals surface area contributed by atoms with E-state index >= 15 is 0 Å². The van der Waals surface area contributed by atoms with Crippen LogP contribution in [-0.4, -0.2) is 19.7 Å². The molecule has 0 radical (unpaired) electrons. The summed E-state index contributed by atoms with van der Waals surface area (Å²) in [6.45, 7) is -2.90. The van der Waals surface area contributed by atoms with Crippen LogP contribution in [0.1, 0.15) is 5.56 Å². The number of ether oxygens (including phenoxy) is 2. The van der Waals surface area contributed by atoms with Crippen molar-refractivity contribution in [1.82, 2.24) is 0 Å². The number of alkyl halides is 2. The Morgan fingerprint density at radius 3 is 2.53 bits per heavy atom. The highest BCUT2D eigenvalue weighted by atomic mass is 79.9. The Morgan fingerprint density at radius 1 is 1.35 bits per heavy atom. The summed E-state index contributed by atoms with van der Waals surface area (Å²) in [5.74, 6) is -0.416. The van der Waals surface area contributed by atoms with E-state index in [0.29, 0.717) is 14.5 Å². The summed E-state index contributed by atoms with van der Waals surface area (Å²) < 4.78 is 33.8. The average molecular weight is 374 g/mol. The molecule has 0 amide bonds. The minimum Gasteiger partial charge on any atom is -0.469 e. The smallest absolute Gasteiger partial charge is 0.387 e. The maximum Gasteiger partial charge on any atom is 0.387 e. The average Bonchev–Trinajstić information content (AvgIpc) is 2.28. The fourth-order valence-corrected chi connectivity index (χ4v) is 2.07. The first-order valence-electron chi connectivity index (χ1n) is 4.44. The molecule has 0 saturated heterocycles. The van der Waals surface area contributed by atoms with Gasteiger partial charge in [0.2, 0.25) is 0 Å². The Morgan fingerprint density at radius 2 is 2.00 bits per heavy atom. The van der Waals surface area contributed by atoms with Crippen LogP contribution < -0.4 is 4.74 Å². The van der Waals surface area contributed by atoms with Crippen molar-refractivity contribution in [2.75, 3.05) is 7.11 Å². The number of rotatable bonds is 4. The molecule has 7 heteroatoms. The number of hydrogen-bond donors (Lipinski definition) is 0. The van der Waals surface area contributed by atoms with E-state index in [0.717, 1.165) is 0 Å². The van der Waals surface area contributed by atoms with E-state index < -0.39 is 12.6 Å². The van der Waals surface area contributed by atoms with E-state index in [-0.39, 0.29) is 12.2 Å². The molecule has 0 fully saturated rings. The van der Waals surface area contributed by atoms with Gasteiger partial charge in [0.15, 0.2) is 0 Å². The van der Waals surface area contributed by atoms with Crippen LogP contribution in [0.15, 0.2) is 21.1 Å². The number of hydrogen-bond acceptors (Lipinski definition) is 3. The van der Waals surface area contributed by atoms with E-state index in [1.165, 1.54) is 19.2 Å². The van der Waals surface area contributed by atoms with Gasteiger partial charge < -0.3 is 9.47 Å². The highest BCUT2D eigenvalue weighted by Crippen LogP contribution is 2.36. The van der Waals surface area contributed by atoms with Gasteiger partial charge in [0.1, 0.15) is 5.75 Å². The fourth-order valence-electron chi connectivity index (χ4n) is 1.12. The summed E-state index contributed by atoms with van der Waals surface area (Å²) in [7, 11) is 1.28. The molecular formula is C10H8Br2F2O3. The fraction of sp³-hybridized carbons (Fsp3) is 0.300. The van der Waals surface area contributed by atoms with E-state index in [2.05, 4.69) is 41.3 Å². The summed E-state index contributed by atoms with van der Waals surface area (Å²) in [5.41, 5.74) is 0.616. The van der Waals surface area contributed by atoms with Crippen molar-refractivity contribution in [2.45, 2.75) is 13.0 Å². The van der Waals surface area contributed by atoms with Crippen LogP contribution in [0.25, 0.3) is 0 Å². The van der Waals surface area contributed by atoms with Gasteiger partial charge in [0, 0.05) is 4.47 Å². The second kappa shape index (κ2) is 6.30. The lowest BCUT2D eigenvalue weighted by molar-refractivity contribution is -0.139. The van der Waals surface area contributed by atoms with Gasteiger partial charge in [-0.25, -0.2) is 0 Å². The first-order valence-corrected chi connectivity index (χ1v) is 6.02. The predicted molar refractivity (Wildman–Crippen MR) is 64.2 cm³/mol. The monoisotopic (exact) mass is 372 g/mol. The molecule has 0 aliphatic carbocycles. The zero-order valence-corrected chi connectivity index (χ0v) is 11.8. The largest absolute Gasteiger partial charge is 0.469 e. The van der Waals surface area contributed by atoms with Crippen LogP contribution in [0.3, 0.4) is 0 Å². The summed E-state index contributed by atoms with van der Waals surface area (Å²) in [4.78, 5) is 11.1. The number of carbonyl (C=O) groups excluding carboxylic acids is 1. The molecule has 0 bridgehead atoms. The third-order valence-electron chi connectivity index (χ3n) is 1.91. The number of methoxy groups -OCH3 is 1. The molecule has 3 nitrogen and oxygen atoms in total. The predicted octanol–water partition coefficient (Wildman–Crippen LogP) is 3.53. The molecule has 1 aromatic rings. The standard InChI is InChI=1S/C10H8Br2F2O3/c1-16-7(15)4-5-2-3-6(17-10(13)14)9(12)8(5)11/h2-3,10H,4H2,1H3. The zero-order valence-electron chi connectivity index (χ0n) is 8.68. The van der Waals surface area contributed by atoms with Gasteiger partial charge in [0.25, 0.3) is 0 Å².